The number of nitrogens with zero attached hydrogens (tertiary/aromatic N) is 3. The summed E-state index contributed by atoms with van der Waals surface area (Å²) >= 11 is 1.52. The zero-order valence-electron chi connectivity index (χ0n) is 18.6. The Balaban J connectivity index is 1.57. The molecule has 2 aromatic heterocycles. The van der Waals surface area contributed by atoms with Crippen molar-refractivity contribution in [3.63, 3.8) is 0 Å². The molecule has 3 aromatic rings. The molecule has 170 valence electrons. The molecular weight excluding hydrogens is 428 g/mol. The van der Waals surface area contributed by atoms with Crippen molar-refractivity contribution >= 4 is 34.2 Å². The Morgan fingerprint density at radius 1 is 1.12 bits per heavy atom. The molecule has 10 heteroatoms. The van der Waals surface area contributed by atoms with Gasteiger partial charge in [-0.05, 0) is 44.5 Å². The van der Waals surface area contributed by atoms with Crippen LogP contribution in [0.3, 0.4) is 0 Å². The van der Waals surface area contributed by atoms with Crippen molar-refractivity contribution in [2.45, 2.75) is 32.9 Å². The predicted molar refractivity (Wildman–Crippen MR) is 126 cm³/mol. The smallest absolute Gasteiger partial charge is 0.407 e. The van der Waals surface area contributed by atoms with Crippen molar-refractivity contribution in [3.8, 4) is 10.6 Å². The van der Waals surface area contributed by atoms with Crippen LogP contribution in [0, 0.1) is 0 Å². The standard InChI is InChI=1S/C22H28N6O3S/c1-22(2,3)31-21(29)26-13-15-5-7-16(8-6-15)27-19-23-10-9-17(28-19)18-14-25-20(32-18)24-11-12-30-4/h5-10,14H,11-13H2,1-4H3,(H,24,25)(H,26,29)(H,23,27,28). The molecule has 32 heavy (non-hydrogen) atoms. The largest absolute Gasteiger partial charge is 0.444 e. The monoisotopic (exact) mass is 456 g/mol. The Morgan fingerprint density at radius 3 is 2.62 bits per heavy atom. The second kappa shape index (κ2) is 10.9. The van der Waals surface area contributed by atoms with Gasteiger partial charge in [0.05, 0.1) is 17.2 Å². The number of carbonyl (C=O) groups excluding carboxylic acids is 1. The Hall–Kier alpha value is -3.24. The fourth-order valence-corrected chi connectivity index (χ4v) is 3.43. The van der Waals surface area contributed by atoms with Crippen LogP contribution in [0.1, 0.15) is 26.3 Å². The number of anilines is 3. The van der Waals surface area contributed by atoms with Gasteiger partial charge in [0.15, 0.2) is 5.13 Å². The van der Waals surface area contributed by atoms with Gasteiger partial charge < -0.3 is 25.4 Å². The molecule has 0 aliphatic heterocycles. The number of hydrogen-bond acceptors (Lipinski definition) is 9. The molecule has 3 N–H and O–H groups in total. The van der Waals surface area contributed by atoms with Gasteiger partial charge in [-0.3, -0.25) is 0 Å². The molecule has 0 spiro atoms. The fourth-order valence-electron chi connectivity index (χ4n) is 2.61. The van der Waals surface area contributed by atoms with E-state index in [4.69, 9.17) is 9.47 Å². The highest BCUT2D eigenvalue weighted by Gasteiger charge is 2.15. The molecule has 0 aliphatic carbocycles. The molecular formula is C22H28N6O3S. The van der Waals surface area contributed by atoms with Gasteiger partial charge in [-0.25, -0.2) is 19.7 Å². The summed E-state index contributed by atoms with van der Waals surface area (Å²) in [6.07, 6.45) is 3.06. The van der Waals surface area contributed by atoms with Crippen molar-refractivity contribution in [2.24, 2.45) is 0 Å². The van der Waals surface area contributed by atoms with E-state index in [1.807, 2.05) is 51.1 Å². The topological polar surface area (TPSA) is 110 Å². The van der Waals surface area contributed by atoms with E-state index in [9.17, 15) is 4.79 Å². The van der Waals surface area contributed by atoms with E-state index in [2.05, 4.69) is 30.9 Å². The molecule has 1 amide bonds. The van der Waals surface area contributed by atoms with Crippen molar-refractivity contribution in [1.29, 1.82) is 0 Å². The van der Waals surface area contributed by atoms with E-state index in [1.54, 1.807) is 19.5 Å². The van der Waals surface area contributed by atoms with Crippen LogP contribution in [-0.4, -0.2) is 46.9 Å². The Morgan fingerprint density at radius 2 is 1.91 bits per heavy atom. The molecule has 0 saturated carbocycles. The van der Waals surface area contributed by atoms with Gasteiger partial charge in [-0.15, -0.1) is 0 Å². The minimum absolute atomic E-state index is 0.382. The number of nitrogens with one attached hydrogen (secondary N) is 3. The number of thiazole rings is 1. The number of alkyl carbamates (subject to hydrolysis) is 1. The molecule has 0 saturated heterocycles. The lowest BCUT2D eigenvalue weighted by atomic mass is 10.2. The molecule has 0 atom stereocenters. The molecule has 3 rings (SSSR count). The van der Waals surface area contributed by atoms with Crippen LogP contribution in [0.5, 0.6) is 0 Å². The highest BCUT2D eigenvalue weighted by molar-refractivity contribution is 7.18. The lowest BCUT2D eigenvalue weighted by molar-refractivity contribution is 0.0523. The Bertz CT molecular complexity index is 1020. The maximum atomic E-state index is 11.8. The van der Waals surface area contributed by atoms with Crippen LogP contribution in [-0.2, 0) is 16.0 Å². The molecule has 0 fully saturated rings. The second-order valence-corrected chi connectivity index (χ2v) is 8.92. The fraction of sp³-hybridized carbons (Fsp3) is 0.364. The summed E-state index contributed by atoms with van der Waals surface area (Å²) in [6, 6.07) is 9.51. The Kier molecular flexibility index (Phi) is 7.96. The van der Waals surface area contributed by atoms with E-state index in [0.29, 0.717) is 25.6 Å². The number of amides is 1. The van der Waals surface area contributed by atoms with Gasteiger partial charge in [0.2, 0.25) is 5.95 Å². The van der Waals surface area contributed by atoms with E-state index in [-0.39, 0.29) is 0 Å². The minimum atomic E-state index is -0.520. The van der Waals surface area contributed by atoms with Crippen LogP contribution in [0.15, 0.2) is 42.7 Å². The first-order valence-corrected chi connectivity index (χ1v) is 11.0. The predicted octanol–water partition coefficient (Wildman–Crippen LogP) is 4.43. The summed E-state index contributed by atoms with van der Waals surface area (Å²) in [6.45, 7) is 7.19. The van der Waals surface area contributed by atoms with Crippen molar-refractivity contribution in [1.82, 2.24) is 20.3 Å². The summed E-state index contributed by atoms with van der Waals surface area (Å²) in [4.78, 5) is 26.0. The number of aromatic nitrogens is 3. The summed E-state index contributed by atoms with van der Waals surface area (Å²) in [7, 11) is 1.67. The average Bonchev–Trinajstić information content (AvgIpc) is 3.22. The second-order valence-electron chi connectivity index (χ2n) is 7.89. The Labute approximate surface area is 191 Å². The van der Waals surface area contributed by atoms with Gasteiger partial charge >= 0.3 is 6.09 Å². The molecule has 0 radical (unpaired) electrons. The zero-order chi connectivity index (χ0) is 23.0. The maximum absolute atomic E-state index is 11.8. The van der Waals surface area contributed by atoms with Gasteiger partial charge in [0.1, 0.15) is 5.60 Å². The molecule has 0 unspecified atom stereocenters. The van der Waals surface area contributed by atoms with E-state index < -0.39 is 11.7 Å². The summed E-state index contributed by atoms with van der Waals surface area (Å²) in [5.74, 6) is 0.490. The highest BCUT2D eigenvalue weighted by Crippen LogP contribution is 2.28. The first-order valence-electron chi connectivity index (χ1n) is 10.2. The lowest BCUT2D eigenvalue weighted by Gasteiger charge is -2.19. The number of carbonyl (C=O) groups is 1. The van der Waals surface area contributed by atoms with Gasteiger partial charge in [-0.1, -0.05) is 23.5 Å². The zero-order valence-corrected chi connectivity index (χ0v) is 19.5. The molecule has 1 aromatic carbocycles. The van der Waals surface area contributed by atoms with Crippen LogP contribution in [0.4, 0.5) is 21.6 Å². The quantitative estimate of drug-likeness (QED) is 0.406. The van der Waals surface area contributed by atoms with E-state index in [1.165, 1.54) is 11.3 Å². The number of hydrogen-bond donors (Lipinski definition) is 3. The third-order valence-electron chi connectivity index (χ3n) is 4.04. The third-order valence-corrected chi connectivity index (χ3v) is 5.02. The van der Waals surface area contributed by atoms with E-state index in [0.717, 1.165) is 27.0 Å². The summed E-state index contributed by atoms with van der Waals surface area (Å²) in [5, 5.41) is 9.98. The first kappa shape index (κ1) is 23.4. The number of rotatable bonds is 9. The normalized spacial score (nSPS) is 11.1. The van der Waals surface area contributed by atoms with Gasteiger partial charge in [0, 0.05) is 38.3 Å². The molecule has 0 bridgehead atoms. The highest BCUT2D eigenvalue weighted by atomic mass is 32.1. The molecule has 0 aliphatic rings. The first-order chi connectivity index (χ1) is 15.3. The number of benzene rings is 1. The van der Waals surface area contributed by atoms with Gasteiger partial charge in [0.25, 0.3) is 0 Å². The number of methoxy groups -OCH3 is 1. The van der Waals surface area contributed by atoms with Gasteiger partial charge in [-0.2, -0.15) is 0 Å². The third kappa shape index (κ3) is 7.47. The maximum Gasteiger partial charge on any atom is 0.407 e. The van der Waals surface area contributed by atoms with Crippen molar-refractivity contribution in [2.75, 3.05) is 30.9 Å². The van der Waals surface area contributed by atoms with Crippen LogP contribution in [0.25, 0.3) is 10.6 Å². The lowest BCUT2D eigenvalue weighted by Crippen LogP contribution is -2.32. The summed E-state index contributed by atoms with van der Waals surface area (Å²) in [5.41, 5.74) is 2.06. The van der Waals surface area contributed by atoms with Crippen LogP contribution >= 0.6 is 11.3 Å². The minimum Gasteiger partial charge on any atom is -0.444 e. The molecule has 2 heterocycles. The van der Waals surface area contributed by atoms with Crippen molar-refractivity contribution < 1.29 is 14.3 Å². The van der Waals surface area contributed by atoms with E-state index >= 15 is 0 Å². The average molecular weight is 457 g/mol. The number of ether oxygens (including phenoxy) is 2. The van der Waals surface area contributed by atoms with Crippen LogP contribution < -0.4 is 16.0 Å². The van der Waals surface area contributed by atoms with Crippen molar-refractivity contribution in [3.05, 3.63) is 48.3 Å². The SMILES string of the molecule is COCCNc1ncc(-c2ccnc(Nc3ccc(CNC(=O)OC(C)(C)C)cc3)n2)s1. The molecule has 9 nitrogen and oxygen atoms in total. The summed E-state index contributed by atoms with van der Waals surface area (Å²) < 4.78 is 10.3. The van der Waals surface area contributed by atoms with Crippen LogP contribution in [0.2, 0.25) is 0 Å².